The second-order valence-electron chi connectivity index (χ2n) is 6.75. The largest absolute Gasteiger partial charge is 0.494 e. The van der Waals surface area contributed by atoms with E-state index in [0.29, 0.717) is 0 Å². The molecule has 2 N–H and O–H groups in total. The van der Waals surface area contributed by atoms with Crippen LogP contribution in [-0.2, 0) is 4.74 Å². The SMILES string of the molecule is N=Cc1cccc(C2=CC3C=CN=CC3C(OC3CCNCC3)=C2)c1. The van der Waals surface area contributed by atoms with E-state index in [9.17, 15) is 0 Å². The van der Waals surface area contributed by atoms with E-state index in [1.165, 1.54) is 6.21 Å². The van der Waals surface area contributed by atoms with Gasteiger partial charge in [0.2, 0.25) is 0 Å². The van der Waals surface area contributed by atoms with Gasteiger partial charge in [0.1, 0.15) is 11.9 Å². The molecule has 1 saturated heterocycles. The van der Waals surface area contributed by atoms with Gasteiger partial charge in [-0.15, -0.1) is 0 Å². The van der Waals surface area contributed by atoms with E-state index in [2.05, 4.69) is 40.7 Å². The maximum Gasteiger partial charge on any atom is 0.106 e. The van der Waals surface area contributed by atoms with Gasteiger partial charge in [0.15, 0.2) is 0 Å². The normalized spacial score (nSPS) is 25.8. The van der Waals surface area contributed by atoms with Crippen molar-refractivity contribution in [2.75, 3.05) is 13.1 Å². The summed E-state index contributed by atoms with van der Waals surface area (Å²) in [4.78, 5) is 4.33. The molecule has 0 saturated carbocycles. The van der Waals surface area contributed by atoms with Crippen LogP contribution in [0.3, 0.4) is 0 Å². The lowest BCUT2D eigenvalue weighted by Crippen LogP contribution is -2.34. The first-order chi connectivity index (χ1) is 12.3. The molecule has 0 aromatic heterocycles. The van der Waals surface area contributed by atoms with Crippen molar-refractivity contribution in [3.8, 4) is 0 Å². The van der Waals surface area contributed by atoms with Gasteiger partial charge < -0.3 is 15.5 Å². The Balaban J connectivity index is 1.65. The summed E-state index contributed by atoms with van der Waals surface area (Å²) in [5.41, 5.74) is 3.20. The number of ether oxygens (including phenoxy) is 1. The zero-order chi connectivity index (χ0) is 17.1. The fourth-order valence-corrected chi connectivity index (χ4v) is 3.64. The number of hydrogen-bond acceptors (Lipinski definition) is 4. The molecule has 0 spiro atoms. The van der Waals surface area contributed by atoms with Crippen molar-refractivity contribution in [1.82, 2.24) is 5.32 Å². The number of rotatable bonds is 4. The monoisotopic (exact) mass is 333 g/mol. The van der Waals surface area contributed by atoms with Gasteiger partial charge in [-0.05, 0) is 54.8 Å². The Morgan fingerprint density at radius 2 is 2.12 bits per heavy atom. The van der Waals surface area contributed by atoms with E-state index >= 15 is 0 Å². The Kier molecular flexibility index (Phi) is 4.61. The Morgan fingerprint density at radius 3 is 2.96 bits per heavy atom. The predicted molar refractivity (Wildman–Crippen MR) is 102 cm³/mol. The maximum absolute atomic E-state index is 7.49. The van der Waals surface area contributed by atoms with Crippen LogP contribution in [-0.4, -0.2) is 31.6 Å². The molecule has 1 aliphatic carbocycles. The van der Waals surface area contributed by atoms with Crippen LogP contribution in [0.2, 0.25) is 0 Å². The molecular weight excluding hydrogens is 310 g/mol. The van der Waals surface area contributed by atoms with E-state index in [1.54, 1.807) is 0 Å². The van der Waals surface area contributed by atoms with E-state index in [4.69, 9.17) is 10.1 Å². The summed E-state index contributed by atoms with van der Waals surface area (Å²) >= 11 is 0. The summed E-state index contributed by atoms with van der Waals surface area (Å²) in [6.45, 7) is 2.04. The minimum absolute atomic E-state index is 0.189. The fourth-order valence-electron chi connectivity index (χ4n) is 3.64. The van der Waals surface area contributed by atoms with Gasteiger partial charge in [-0.2, -0.15) is 0 Å². The second-order valence-corrected chi connectivity index (χ2v) is 6.75. The van der Waals surface area contributed by atoms with E-state index in [1.807, 2.05) is 24.5 Å². The first-order valence-corrected chi connectivity index (χ1v) is 8.95. The predicted octanol–water partition coefficient (Wildman–Crippen LogP) is 3.56. The molecule has 2 atom stereocenters. The second kappa shape index (κ2) is 7.19. The Morgan fingerprint density at radius 1 is 1.24 bits per heavy atom. The molecule has 1 fully saturated rings. The molecule has 0 bridgehead atoms. The maximum atomic E-state index is 7.49. The molecule has 0 amide bonds. The van der Waals surface area contributed by atoms with Crippen LogP contribution < -0.4 is 5.32 Å². The Labute approximate surface area is 148 Å². The first-order valence-electron chi connectivity index (χ1n) is 8.95. The lowest BCUT2D eigenvalue weighted by atomic mass is 9.82. The topological polar surface area (TPSA) is 57.5 Å². The third kappa shape index (κ3) is 3.49. The van der Waals surface area contributed by atoms with E-state index < -0.39 is 0 Å². The number of allylic oxidation sites excluding steroid dienone is 5. The van der Waals surface area contributed by atoms with Crippen molar-refractivity contribution < 1.29 is 4.74 Å². The van der Waals surface area contributed by atoms with E-state index in [0.717, 1.165) is 48.4 Å². The average Bonchev–Trinajstić information content (AvgIpc) is 2.69. The average molecular weight is 333 g/mol. The van der Waals surface area contributed by atoms with Crippen LogP contribution in [0, 0.1) is 17.2 Å². The molecule has 2 aliphatic heterocycles. The number of benzene rings is 1. The van der Waals surface area contributed by atoms with Gasteiger partial charge in [-0.25, -0.2) is 0 Å². The highest BCUT2D eigenvalue weighted by Gasteiger charge is 2.29. The van der Waals surface area contributed by atoms with Gasteiger partial charge in [0.25, 0.3) is 0 Å². The van der Waals surface area contributed by atoms with Crippen LogP contribution >= 0.6 is 0 Å². The van der Waals surface area contributed by atoms with Gasteiger partial charge >= 0.3 is 0 Å². The van der Waals surface area contributed by atoms with Gasteiger partial charge in [-0.1, -0.05) is 30.4 Å². The number of hydrogen-bond donors (Lipinski definition) is 2. The highest BCUT2D eigenvalue weighted by molar-refractivity contribution is 5.84. The molecule has 0 radical (unpaired) electrons. The summed E-state index contributed by atoms with van der Waals surface area (Å²) in [5, 5.41) is 10.9. The molecule has 2 heterocycles. The molecule has 3 aliphatic rings. The number of aliphatic imine (C=N–C) groups is 1. The number of nitrogens with zero attached hydrogens (tertiary/aromatic N) is 1. The minimum atomic E-state index is 0.189. The van der Waals surface area contributed by atoms with Crippen molar-refractivity contribution >= 4 is 18.0 Å². The summed E-state index contributed by atoms with van der Waals surface area (Å²) < 4.78 is 6.42. The fraction of sp³-hybridized carbons (Fsp3) is 0.333. The molecule has 4 heteroatoms. The zero-order valence-electron chi connectivity index (χ0n) is 14.2. The molecular formula is C21H23N3O. The summed E-state index contributed by atoms with van der Waals surface area (Å²) in [6.07, 6.45) is 14.2. The van der Waals surface area contributed by atoms with Crippen molar-refractivity contribution in [2.45, 2.75) is 18.9 Å². The molecule has 2 unspecified atom stereocenters. The van der Waals surface area contributed by atoms with Gasteiger partial charge in [0, 0.05) is 24.5 Å². The molecule has 4 rings (SSSR count). The van der Waals surface area contributed by atoms with Crippen LogP contribution in [0.15, 0.2) is 59.4 Å². The van der Waals surface area contributed by atoms with E-state index in [-0.39, 0.29) is 17.9 Å². The quantitative estimate of drug-likeness (QED) is 0.828. The third-order valence-corrected chi connectivity index (χ3v) is 5.03. The highest BCUT2D eigenvalue weighted by Crippen LogP contribution is 2.36. The molecule has 25 heavy (non-hydrogen) atoms. The van der Waals surface area contributed by atoms with Crippen LogP contribution in [0.4, 0.5) is 0 Å². The van der Waals surface area contributed by atoms with Gasteiger partial charge in [-0.3, -0.25) is 4.99 Å². The summed E-state index contributed by atoms with van der Waals surface area (Å²) in [6, 6.07) is 8.10. The van der Waals surface area contributed by atoms with Crippen LogP contribution in [0.1, 0.15) is 24.0 Å². The summed E-state index contributed by atoms with van der Waals surface area (Å²) in [7, 11) is 0. The lowest BCUT2D eigenvalue weighted by molar-refractivity contribution is 0.0735. The van der Waals surface area contributed by atoms with Crippen molar-refractivity contribution in [3.63, 3.8) is 0 Å². The van der Waals surface area contributed by atoms with Crippen LogP contribution in [0.5, 0.6) is 0 Å². The smallest absolute Gasteiger partial charge is 0.106 e. The number of fused-ring (bicyclic) bond motifs is 1. The molecule has 1 aromatic carbocycles. The van der Waals surface area contributed by atoms with Crippen molar-refractivity contribution in [2.24, 2.45) is 16.8 Å². The first kappa shape index (κ1) is 16.0. The molecule has 1 aromatic rings. The summed E-state index contributed by atoms with van der Waals surface area (Å²) in [5.74, 6) is 1.48. The Hall–Kier alpha value is -2.46. The lowest BCUT2D eigenvalue weighted by Gasteiger charge is -2.32. The van der Waals surface area contributed by atoms with Crippen molar-refractivity contribution in [3.05, 3.63) is 65.6 Å². The van der Waals surface area contributed by atoms with Gasteiger partial charge in [0.05, 0.1) is 5.92 Å². The minimum Gasteiger partial charge on any atom is -0.494 e. The number of nitrogens with one attached hydrogen (secondary N) is 2. The zero-order valence-corrected chi connectivity index (χ0v) is 14.2. The molecule has 128 valence electrons. The van der Waals surface area contributed by atoms with Crippen molar-refractivity contribution in [1.29, 1.82) is 5.41 Å². The highest BCUT2D eigenvalue weighted by atomic mass is 16.5. The Bertz CT molecular complexity index is 769. The standard InChI is InChI=1S/C21H23N3O/c22-13-15-2-1-3-16(10-15)18-11-17-4-7-24-14-20(17)21(12-18)25-19-5-8-23-9-6-19/h1-4,7,10-14,17,19-20,22-23H,5-6,8-9H2. The van der Waals surface area contributed by atoms with Crippen LogP contribution in [0.25, 0.3) is 5.57 Å². The number of piperidine rings is 1. The third-order valence-electron chi connectivity index (χ3n) is 5.03. The molecule has 4 nitrogen and oxygen atoms in total.